The molecule has 138 valence electrons. The number of benzene rings is 1. The highest BCUT2D eigenvalue weighted by atomic mass is 16.5. The highest BCUT2D eigenvalue weighted by Gasteiger charge is 2.51. The summed E-state index contributed by atoms with van der Waals surface area (Å²) in [6.45, 7) is 2.05. The van der Waals surface area contributed by atoms with Crippen LogP contribution in [-0.4, -0.2) is 53.4 Å². The molecule has 1 saturated heterocycles. The number of aromatic nitrogens is 2. The summed E-state index contributed by atoms with van der Waals surface area (Å²) in [5.74, 6) is 0.115. The molecule has 1 aromatic carbocycles. The van der Waals surface area contributed by atoms with Gasteiger partial charge in [-0.2, -0.15) is 5.10 Å². The zero-order valence-electron chi connectivity index (χ0n) is 15.4. The van der Waals surface area contributed by atoms with Gasteiger partial charge in [-0.1, -0.05) is 30.3 Å². The van der Waals surface area contributed by atoms with Crippen LogP contribution < -0.4 is 5.32 Å². The Bertz CT molecular complexity index is 769. The SMILES string of the molecule is CN1CCO[C@@H](CNC(=O)C2(c3ccccc3)CC2)[C@@H]1c1ccnn1C. The second-order valence-corrected chi connectivity index (χ2v) is 7.37. The number of carbonyl (C=O) groups is 1. The Morgan fingerprint density at radius 3 is 2.69 bits per heavy atom. The predicted octanol–water partition coefficient (Wildman–Crippen LogP) is 1.64. The molecule has 1 aliphatic heterocycles. The fraction of sp³-hybridized carbons (Fsp3) is 0.500. The van der Waals surface area contributed by atoms with E-state index >= 15 is 0 Å². The molecule has 0 spiro atoms. The third-order valence-electron chi connectivity index (χ3n) is 5.74. The normalized spacial score (nSPS) is 25.0. The molecular formula is C20H26N4O2. The van der Waals surface area contributed by atoms with Crippen molar-refractivity contribution >= 4 is 5.91 Å². The van der Waals surface area contributed by atoms with Crippen molar-refractivity contribution in [3.8, 4) is 0 Å². The average molecular weight is 354 g/mol. The van der Waals surface area contributed by atoms with E-state index in [0.717, 1.165) is 30.6 Å². The van der Waals surface area contributed by atoms with Gasteiger partial charge in [0.05, 0.1) is 29.9 Å². The molecule has 2 fully saturated rings. The average Bonchev–Trinajstić information content (AvgIpc) is 3.37. The van der Waals surface area contributed by atoms with Gasteiger partial charge in [-0.3, -0.25) is 14.4 Å². The minimum Gasteiger partial charge on any atom is -0.373 e. The zero-order valence-corrected chi connectivity index (χ0v) is 15.4. The molecular weight excluding hydrogens is 328 g/mol. The predicted molar refractivity (Wildman–Crippen MR) is 98.7 cm³/mol. The summed E-state index contributed by atoms with van der Waals surface area (Å²) in [6.07, 6.45) is 3.56. The maximum Gasteiger partial charge on any atom is 0.230 e. The van der Waals surface area contributed by atoms with Gasteiger partial charge in [-0.15, -0.1) is 0 Å². The van der Waals surface area contributed by atoms with E-state index in [2.05, 4.69) is 34.5 Å². The highest BCUT2D eigenvalue weighted by molar-refractivity contribution is 5.91. The molecule has 26 heavy (non-hydrogen) atoms. The molecule has 0 unspecified atom stereocenters. The Kier molecular flexibility index (Phi) is 4.54. The van der Waals surface area contributed by atoms with Crippen LogP contribution in [0.4, 0.5) is 0 Å². The zero-order chi connectivity index (χ0) is 18.1. The van der Waals surface area contributed by atoms with Crippen molar-refractivity contribution in [3.05, 3.63) is 53.9 Å². The fourth-order valence-corrected chi connectivity index (χ4v) is 4.01. The number of amides is 1. The fourth-order valence-electron chi connectivity index (χ4n) is 4.01. The molecule has 1 saturated carbocycles. The van der Waals surface area contributed by atoms with Gasteiger partial charge in [0.15, 0.2) is 0 Å². The van der Waals surface area contributed by atoms with Crippen LogP contribution in [0.15, 0.2) is 42.6 Å². The smallest absolute Gasteiger partial charge is 0.230 e. The minimum absolute atomic E-state index is 0.0836. The van der Waals surface area contributed by atoms with Crippen LogP contribution in [0.2, 0.25) is 0 Å². The second kappa shape index (κ2) is 6.85. The number of ether oxygens (including phenoxy) is 1. The van der Waals surface area contributed by atoms with Crippen LogP contribution in [0.3, 0.4) is 0 Å². The molecule has 2 aromatic rings. The lowest BCUT2D eigenvalue weighted by atomic mass is 9.94. The molecule has 1 amide bonds. The maximum atomic E-state index is 12.9. The van der Waals surface area contributed by atoms with Crippen molar-refractivity contribution in [1.29, 1.82) is 0 Å². The van der Waals surface area contributed by atoms with E-state index in [1.807, 2.05) is 42.2 Å². The van der Waals surface area contributed by atoms with Crippen molar-refractivity contribution in [2.75, 3.05) is 26.7 Å². The summed E-state index contributed by atoms with van der Waals surface area (Å²) in [4.78, 5) is 15.2. The largest absolute Gasteiger partial charge is 0.373 e. The number of hydrogen-bond acceptors (Lipinski definition) is 4. The van der Waals surface area contributed by atoms with Crippen LogP contribution in [0.5, 0.6) is 0 Å². The van der Waals surface area contributed by atoms with Crippen molar-refractivity contribution in [2.24, 2.45) is 7.05 Å². The molecule has 0 bridgehead atoms. The Morgan fingerprint density at radius 1 is 1.27 bits per heavy atom. The van der Waals surface area contributed by atoms with Gasteiger partial charge in [0.25, 0.3) is 0 Å². The molecule has 4 rings (SSSR count). The van der Waals surface area contributed by atoms with Gasteiger partial charge in [0.2, 0.25) is 5.91 Å². The molecule has 0 radical (unpaired) electrons. The van der Waals surface area contributed by atoms with Crippen molar-refractivity contribution in [1.82, 2.24) is 20.0 Å². The van der Waals surface area contributed by atoms with E-state index in [9.17, 15) is 4.79 Å². The van der Waals surface area contributed by atoms with Crippen LogP contribution >= 0.6 is 0 Å². The monoisotopic (exact) mass is 354 g/mol. The Morgan fingerprint density at radius 2 is 2.04 bits per heavy atom. The summed E-state index contributed by atoms with van der Waals surface area (Å²) in [5, 5.41) is 7.46. The van der Waals surface area contributed by atoms with Gasteiger partial charge >= 0.3 is 0 Å². The van der Waals surface area contributed by atoms with Crippen molar-refractivity contribution < 1.29 is 9.53 Å². The van der Waals surface area contributed by atoms with Gasteiger partial charge in [0.1, 0.15) is 0 Å². The number of nitrogens with zero attached hydrogens (tertiary/aromatic N) is 3. The first kappa shape index (κ1) is 17.2. The molecule has 2 aliphatic rings. The van der Waals surface area contributed by atoms with Gasteiger partial charge in [0, 0.05) is 26.3 Å². The van der Waals surface area contributed by atoms with Gasteiger partial charge < -0.3 is 10.1 Å². The number of aryl methyl sites for hydroxylation is 1. The molecule has 2 atom stereocenters. The van der Waals surface area contributed by atoms with E-state index in [4.69, 9.17) is 4.74 Å². The van der Waals surface area contributed by atoms with E-state index in [1.54, 1.807) is 0 Å². The third kappa shape index (κ3) is 3.04. The quantitative estimate of drug-likeness (QED) is 0.887. The number of carbonyl (C=O) groups excluding carboxylic acids is 1. The molecule has 1 aliphatic carbocycles. The summed E-state index contributed by atoms with van der Waals surface area (Å²) < 4.78 is 7.92. The van der Waals surface area contributed by atoms with Crippen LogP contribution in [0.25, 0.3) is 0 Å². The number of rotatable bonds is 5. The third-order valence-corrected chi connectivity index (χ3v) is 5.74. The first-order valence-electron chi connectivity index (χ1n) is 9.25. The van der Waals surface area contributed by atoms with Crippen LogP contribution in [0.1, 0.15) is 30.1 Å². The molecule has 1 N–H and O–H groups in total. The first-order chi connectivity index (χ1) is 12.6. The van der Waals surface area contributed by atoms with Gasteiger partial charge in [-0.05, 0) is 31.5 Å². The summed E-state index contributed by atoms with van der Waals surface area (Å²) in [5.41, 5.74) is 1.88. The Hall–Kier alpha value is -2.18. The summed E-state index contributed by atoms with van der Waals surface area (Å²) >= 11 is 0. The maximum absolute atomic E-state index is 12.9. The van der Waals surface area contributed by atoms with Gasteiger partial charge in [-0.25, -0.2) is 0 Å². The van der Waals surface area contributed by atoms with Crippen LogP contribution in [0, 0.1) is 0 Å². The highest BCUT2D eigenvalue weighted by Crippen LogP contribution is 2.48. The molecule has 1 aromatic heterocycles. The number of morpholine rings is 1. The Balaban J connectivity index is 1.46. The van der Waals surface area contributed by atoms with E-state index < -0.39 is 0 Å². The van der Waals surface area contributed by atoms with E-state index in [1.165, 1.54) is 0 Å². The van der Waals surface area contributed by atoms with Crippen molar-refractivity contribution in [2.45, 2.75) is 30.4 Å². The number of hydrogen-bond donors (Lipinski definition) is 1. The van der Waals surface area contributed by atoms with E-state index in [-0.39, 0.29) is 23.5 Å². The Labute approximate surface area is 154 Å². The summed E-state index contributed by atoms with van der Waals surface area (Å²) in [6, 6.07) is 12.2. The number of nitrogens with one attached hydrogen (secondary N) is 1. The molecule has 2 heterocycles. The summed E-state index contributed by atoms with van der Waals surface area (Å²) in [7, 11) is 4.05. The second-order valence-electron chi connectivity index (χ2n) is 7.37. The lowest BCUT2D eigenvalue weighted by Gasteiger charge is -2.39. The topological polar surface area (TPSA) is 59.4 Å². The van der Waals surface area contributed by atoms with E-state index in [0.29, 0.717) is 13.2 Å². The van der Waals surface area contributed by atoms with Crippen LogP contribution in [-0.2, 0) is 22.0 Å². The van der Waals surface area contributed by atoms with Crippen molar-refractivity contribution in [3.63, 3.8) is 0 Å². The standard InChI is InChI=1S/C20H26N4O2/c1-23-12-13-26-17(18(23)16-8-11-22-24(16)2)14-21-19(25)20(9-10-20)15-6-4-3-5-7-15/h3-8,11,17-18H,9-10,12-14H2,1-2H3,(H,21,25)/t17-,18-/m0/s1. The first-order valence-corrected chi connectivity index (χ1v) is 9.25. The molecule has 6 nitrogen and oxygen atoms in total. The lowest BCUT2D eigenvalue weighted by Crippen LogP contribution is -2.50. The lowest BCUT2D eigenvalue weighted by molar-refractivity contribution is -0.125. The molecule has 6 heteroatoms. The number of likely N-dealkylation sites (N-methyl/N-ethyl adjacent to an activating group) is 1. The minimum atomic E-state index is -0.343.